The summed E-state index contributed by atoms with van der Waals surface area (Å²) >= 11 is 3.32. The van der Waals surface area contributed by atoms with Crippen molar-refractivity contribution in [2.45, 2.75) is 30.2 Å². The van der Waals surface area contributed by atoms with Gasteiger partial charge in [-0.3, -0.25) is 4.79 Å². The number of halogens is 1. The highest BCUT2D eigenvalue weighted by atomic mass is 79.9. The molecular weight excluding hydrogens is 432 g/mol. The van der Waals surface area contributed by atoms with Crippen molar-refractivity contribution in [3.63, 3.8) is 0 Å². The Labute approximate surface area is 167 Å². The van der Waals surface area contributed by atoms with Gasteiger partial charge in [0.1, 0.15) is 5.75 Å². The summed E-state index contributed by atoms with van der Waals surface area (Å²) in [5.74, 6) is 0.461. The van der Waals surface area contributed by atoms with E-state index in [0.29, 0.717) is 23.0 Å². The van der Waals surface area contributed by atoms with Crippen molar-refractivity contribution < 1.29 is 17.9 Å². The number of hydrogen-bond donors (Lipinski definition) is 2. The number of hydrogen-bond acceptors (Lipinski definition) is 4. The SMILES string of the molecule is COc1ccc(CCNC(=O)c2cc(S(=O)(=O)NC3CC3)ccc2Br)cc1. The van der Waals surface area contributed by atoms with Crippen LogP contribution in [0.2, 0.25) is 0 Å². The number of nitrogens with one attached hydrogen (secondary N) is 2. The molecule has 0 radical (unpaired) electrons. The molecule has 1 aliphatic carbocycles. The van der Waals surface area contributed by atoms with Crippen LogP contribution in [0.3, 0.4) is 0 Å². The second kappa shape index (κ2) is 8.41. The Kier molecular flexibility index (Phi) is 6.18. The molecule has 0 unspecified atom stereocenters. The summed E-state index contributed by atoms with van der Waals surface area (Å²) in [4.78, 5) is 12.6. The average molecular weight is 453 g/mol. The van der Waals surface area contributed by atoms with Crippen molar-refractivity contribution in [1.29, 1.82) is 0 Å². The third kappa shape index (κ3) is 5.31. The fourth-order valence-corrected chi connectivity index (χ4v) is 4.30. The topological polar surface area (TPSA) is 84.5 Å². The van der Waals surface area contributed by atoms with Crippen LogP contribution in [0.1, 0.15) is 28.8 Å². The highest BCUT2D eigenvalue weighted by Crippen LogP contribution is 2.25. The van der Waals surface area contributed by atoms with Crippen LogP contribution in [0.25, 0.3) is 0 Å². The summed E-state index contributed by atoms with van der Waals surface area (Å²) in [6.45, 7) is 0.439. The molecule has 27 heavy (non-hydrogen) atoms. The summed E-state index contributed by atoms with van der Waals surface area (Å²) in [7, 11) is -1.99. The van der Waals surface area contributed by atoms with E-state index in [0.717, 1.165) is 24.2 Å². The summed E-state index contributed by atoms with van der Waals surface area (Å²) in [6, 6.07) is 12.1. The second-order valence-corrected chi connectivity index (χ2v) is 8.96. The van der Waals surface area contributed by atoms with Gasteiger partial charge in [-0.05, 0) is 71.1 Å². The van der Waals surface area contributed by atoms with Gasteiger partial charge in [-0.15, -0.1) is 0 Å². The lowest BCUT2D eigenvalue weighted by Gasteiger charge is -2.10. The number of benzene rings is 2. The lowest BCUT2D eigenvalue weighted by molar-refractivity contribution is 0.0953. The third-order valence-corrected chi connectivity index (χ3v) is 6.46. The van der Waals surface area contributed by atoms with Crippen molar-refractivity contribution in [2.75, 3.05) is 13.7 Å². The first-order valence-corrected chi connectivity index (χ1v) is 10.9. The molecule has 0 aliphatic heterocycles. The van der Waals surface area contributed by atoms with E-state index in [1.165, 1.54) is 12.1 Å². The summed E-state index contributed by atoms with van der Waals surface area (Å²) in [6.07, 6.45) is 2.37. The van der Waals surface area contributed by atoms with E-state index in [4.69, 9.17) is 4.74 Å². The minimum Gasteiger partial charge on any atom is -0.497 e. The maximum absolute atomic E-state index is 12.5. The van der Waals surface area contributed by atoms with Crippen LogP contribution in [0.5, 0.6) is 5.75 Å². The van der Waals surface area contributed by atoms with Crippen LogP contribution in [0.4, 0.5) is 0 Å². The summed E-state index contributed by atoms with van der Waals surface area (Å²) in [5, 5.41) is 2.83. The number of amides is 1. The summed E-state index contributed by atoms with van der Waals surface area (Å²) in [5.41, 5.74) is 1.36. The standard InChI is InChI=1S/C19H21BrN2O4S/c1-26-15-6-2-13(3-7-15)10-11-21-19(23)17-12-16(8-9-18(17)20)27(24,25)22-14-4-5-14/h2-3,6-9,12,14,22H,4-5,10-11H2,1H3,(H,21,23). The smallest absolute Gasteiger partial charge is 0.252 e. The molecule has 1 fully saturated rings. The Morgan fingerprint density at radius 3 is 2.52 bits per heavy atom. The first-order chi connectivity index (χ1) is 12.9. The van der Waals surface area contributed by atoms with Gasteiger partial charge in [0.15, 0.2) is 0 Å². The van der Waals surface area contributed by atoms with Gasteiger partial charge in [-0.25, -0.2) is 13.1 Å². The van der Waals surface area contributed by atoms with E-state index in [-0.39, 0.29) is 16.8 Å². The average Bonchev–Trinajstić information content (AvgIpc) is 3.45. The number of ether oxygens (including phenoxy) is 1. The molecule has 2 aromatic carbocycles. The maximum Gasteiger partial charge on any atom is 0.252 e. The molecule has 0 saturated heterocycles. The van der Waals surface area contributed by atoms with Gasteiger partial charge in [0, 0.05) is 17.1 Å². The molecule has 8 heteroatoms. The van der Waals surface area contributed by atoms with E-state index in [9.17, 15) is 13.2 Å². The molecule has 0 aromatic heterocycles. The maximum atomic E-state index is 12.5. The molecule has 3 rings (SSSR count). The van der Waals surface area contributed by atoms with E-state index in [1.807, 2.05) is 24.3 Å². The van der Waals surface area contributed by atoms with Crippen molar-refractivity contribution in [3.8, 4) is 5.75 Å². The van der Waals surface area contributed by atoms with Crippen LogP contribution in [0, 0.1) is 0 Å². The predicted octanol–water partition coefficient (Wildman–Crippen LogP) is 2.87. The molecule has 0 bridgehead atoms. The van der Waals surface area contributed by atoms with Gasteiger partial charge in [0.25, 0.3) is 5.91 Å². The number of carbonyl (C=O) groups is 1. The molecule has 144 valence electrons. The Morgan fingerprint density at radius 2 is 1.89 bits per heavy atom. The monoisotopic (exact) mass is 452 g/mol. The molecular formula is C19H21BrN2O4S. The van der Waals surface area contributed by atoms with Crippen molar-refractivity contribution in [2.24, 2.45) is 0 Å². The second-order valence-electron chi connectivity index (χ2n) is 6.39. The molecule has 0 atom stereocenters. The Bertz CT molecular complexity index is 925. The molecule has 0 spiro atoms. The van der Waals surface area contributed by atoms with Crippen molar-refractivity contribution in [1.82, 2.24) is 10.0 Å². The van der Waals surface area contributed by atoms with Gasteiger partial charge >= 0.3 is 0 Å². The third-order valence-electron chi connectivity index (χ3n) is 4.25. The lowest BCUT2D eigenvalue weighted by atomic mass is 10.1. The van der Waals surface area contributed by atoms with E-state index >= 15 is 0 Å². The van der Waals surface area contributed by atoms with Gasteiger partial charge < -0.3 is 10.1 Å². The normalized spacial score (nSPS) is 14.0. The van der Waals surface area contributed by atoms with Crippen LogP contribution in [-0.4, -0.2) is 34.0 Å². The molecule has 1 amide bonds. The Morgan fingerprint density at radius 1 is 1.19 bits per heavy atom. The van der Waals surface area contributed by atoms with E-state index in [2.05, 4.69) is 26.0 Å². The largest absolute Gasteiger partial charge is 0.497 e. The van der Waals surface area contributed by atoms with Crippen LogP contribution in [-0.2, 0) is 16.4 Å². The Balaban J connectivity index is 1.63. The van der Waals surface area contributed by atoms with E-state index < -0.39 is 10.0 Å². The first-order valence-electron chi connectivity index (χ1n) is 8.62. The zero-order chi connectivity index (χ0) is 19.4. The molecule has 1 aliphatic rings. The molecule has 2 N–H and O–H groups in total. The lowest BCUT2D eigenvalue weighted by Crippen LogP contribution is -2.28. The number of carbonyl (C=O) groups excluding carboxylic acids is 1. The van der Waals surface area contributed by atoms with Crippen LogP contribution >= 0.6 is 15.9 Å². The van der Waals surface area contributed by atoms with Gasteiger partial charge in [0.2, 0.25) is 10.0 Å². The fraction of sp³-hybridized carbons (Fsp3) is 0.316. The predicted molar refractivity (Wildman–Crippen MR) is 107 cm³/mol. The van der Waals surface area contributed by atoms with Crippen LogP contribution in [0.15, 0.2) is 51.8 Å². The zero-order valence-electron chi connectivity index (χ0n) is 14.9. The van der Waals surface area contributed by atoms with Gasteiger partial charge in [-0.2, -0.15) is 0 Å². The van der Waals surface area contributed by atoms with Gasteiger partial charge in [-0.1, -0.05) is 12.1 Å². The van der Waals surface area contributed by atoms with E-state index in [1.54, 1.807) is 13.2 Å². The van der Waals surface area contributed by atoms with Crippen LogP contribution < -0.4 is 14.8 Å². The minimum atomic E-state index is -3.60. The van der Waals surface area contributed by atoms with Crippen molar-refractivity contribution >= 4 is 31.9 Å². The number of sulfonamides is 1. The number of methoxy groups -OCH3 is 1. The van der Waals surface area contributed by atoms with Gasteiger partial charge in [0.05, 0.1) is 17.6 Å². The molecule has 0 heterocycles. The Hall–Kier alpha value is -1.90. The quantitative estimate of drug-likeness (QED) is 0.644. The first kappa shape index (κ1) is 19.9. The highest BCUT2D eigenvalue weighted by molar-refractivity contribution is 9.10. The molecule has 6 nitrogen and oxygen atoms in total. The minimum absolute atomic E-state index is 0.0143. The number of rotatable bonds is 8. The molecule has 1 saturated carbocycles. The van der Waals surface area contributed by atoms with Crippen molar-refractivity contribution in [3.05, 3.63) is 58.1 Å². The highest BCUT2D eigenvalue weighted by Gasteiger charge is 2.28. The fourth-order valence-electron chi connectivity index (χ4n) is 2.54. The summed E-state index contributed by atoms with van der Waals surface area (Å²) < 4.78 is 33.0. The zero-order valence-corrected chi connectivity index (χ0v) is 17.3. The molecule has 2 aromatic rings.